The van der Waals surface area contributed by atoms with Gasteiger partial charge in [-0.2, -0.15) is 0 Å². The van der Waals surface area contributed by atoms with Gasteiger partial charge in [0, 0.05) is 0 Å². The van der Waals surface area contributed by atoms with Crippen molar-refractivity contribution >= 4 is 11.9 Å². The molecule has 104 valence electrons. The van der Waals surface area contributed by atoms with Crippen molar-refractivity contribution in [1.29, 1.82) is 0 Å². The minimum Gasteiger partial charge on any atom is -0.467 e. The molecule has 1 atom stereocenters. The third kappa shape index (κ3) is 4.31. The van der Waals surface area contributed by atoms with Gasteiger partial charge in [0.15, 0.2) is 11.6 Å². The molecule has 0 unspecified atom stereocenters. The summed E-state index contributed by atoms with van der Waals surface area (Å²) in [5.74, 6) is -2.97. The maximum absolute atomic E-state index is 13.0. The lowest BCUT2D eigenvalue weighted by atomic mass is 10.1. The van der Waals surface area contributed by atoms with Crippen molar-refractivity contribution in [3.8, 4) is 0 Å². The highest BCUT2D eigenvalue weighted by atomic mass is 19.2. The summed E-state index contributed by atoms with van der Waals surface area (Å²) in [6.07, 6.45) is 0.251. The van der Waals surface area contributed by atoms with E-state index in [0.717, 1.165) is 12.1 Å². The van der Waals surface area contributed by atoms with Crippen LogP contribution in [0.15, 0.2) is 18.2 Å². The van der Waals surface area contributed by atoms with Crippen LogP contribution in [0.5, 0.6) is 0 Å². The first kappa shape index (κ1) is 15.1. The molecule has 1 N–H and O–H groups in total. The number of amides is 1. The predicted molar refractivity (Wildman–Crippen MR) is 64.3 cm³/mol. The molecule has 4 nitrogen and oxygen atoms in total. The van der Waals surface area contributed by atoms with Crippen molar-refractivity contribution in [3.63, 3.8) is 0 Å². The zero-order chi connectivity index (χ0) is 14.4. The number of esters is 1. The summed E-state index contributed by atoms with van der Waals surface area (Å²) in [5.41, 5.74) is 0.330. The summed E-state index contributed by atoms with van der Waals surface area (Å²) < 4.78 is 30.2. The molecule has 0 radical (unpaired) electrons. The fourth-order valence-electron chi connectivity index (χ4n) is 1.55. The fraction of sp³-hybridized carbons (Fsp3) is 0.385. The number of benzene rings is 1. The van der Waals surface area contributed by atoms with Crippen LogP contribution in [0.25, 0.3) is 0 Å². The quantitative estimate of drug-likeness (QED) is 0.827. The molecule has 0 heterocycles. The summed E-state index contributed by atoms with van der Waals surface area (Å²) in [5, 5.41) is 2.47. The molecule has 1 aromatic carbocycles. The van der Waals surface area contributed by atoms with Gasteiger partial charge in [0.25, 0.3) is 0 Å². The van der Waals surface area contributed by atoms with E-state index in [1.807, 2.05) is 0 Å². The maximum atomic E-state index is 13.0. The van der Waals surface area contributed by atoms with Crippen molar-refractivity contribution in [2.75, 3.05) is 7.11 Å². The average Bonchev–Trinajstić information content (AvgIpc) is 2.39. The van der Waals surface area contributed by atoms with E-state index in [2.05, 4.69) is 10.1 Å². The van der Waals surface area contributed by atoms with E-state index in [-0.39, 0.29) is 6.42 Å². The molecule has 1 amide bonds. The molecule has 1 aromatic rings. The molecule has 0 aromatic heterocycles. The summed E-state index contributed by atoms with van der Waals surface area (Å²) >= 11 is 0. The lowest BCUT2D eigenvalue weighted by Crippen LogP contribution is -2.41. The standard InChI is InChI=1S/C13H15F2NO3/c1-3-11(13(18)19-2)16-12(17)7-8-4-5-9(14)10(15)6-8/h4-6,11H,3,7H2,1-2H3,(H,16,17)/t11-/m0/s1. The van der Waals surface area contributed by atoms with Crippen LogP contribution in [0.4, 0.5) is 8.78 Å². The van der Waals surface area contributed by atoms with E-state index < -0.39 is 29.6 Å². The Bertz CT molecular complexity index is 477. The predicted octanol–water partition coefficient (Wildman–Crippen LogP) is 1.58. The molecule has 0 aliphatic rings. The van der Waals surface area contributed by atoms with E-state index in [9.17, 15) is 18.4 Å². The van der Waals surface area contributed by atoms with Gasteiger partial charge in [-0.25, -0.2) is 13.6 Å². The Hall–Kier alpha value is -1.98. The van der Waals surface area contributed by atoms with Gasteiger partial charge in [0.05, 0.1) is 13.5 Å². The number of halogens is 2. The molecule has 0 aliphatic carbocycles. The smallest absolute Gasteiger partial charge is 0.328 e. The highest BCUT2D eigenvalue weighted by molar-refractivity contribution is 5.85. The first-order chi connectivity index (χ1) is 8.97. The molecule has 0 aliphatic heterocycles. The van der Waals surface area contributed by atoms with Gasteiger partial charge in [-0.1, -0.05) is 13.0 Å². The second-order valence-electron chi connectivity index (χ2n) is 3.98. The summed E-state index contributed by atoms with van der Waals surface area (Å²) in [4.78, 5) is 22.9. The van der Waals surface area contributed by atoms with Crippen LogP contribution >= 0.6 is 0 Å². The van der Waals surface area contributed by atoms with Crippen molar-refractivity contribution < 1.29 is 23.1 Å². The van der Waals surface area contributed by atoms with E-state index in [4.69, 9.17) is 0 Å². The van der Waals surface area contributed by atoms with Gasteiger partial charge in [-0.3, -0.25) is 4.79 Å². The van der Waals surface area contributed by atoms with E-state index in [0.29, 0.717) is 12.0 Å². The van der Waals surface area contributed by atoms with Crippen LogP contribution in [0.1, 0.15) is 18.9 Å². The number of hydrogen-bond donors (Lipinski definition) is 1. The fourth-order valence-corrected chi connectivity index (χ4v) is 1.55. The Morgan fingerprint density at radius 1 is 1.32 bits per heavy atom. The van der Waals surface area contributed by atoms with Crippen molar-refractivity contribution in [1.82, 2.24) is 5.32 Å². The summed E-state index contributed by atoms with van der Waals surface area (Å²) in [6.45, 7) is 1.72. The zero-order valence-electron chi connectivity index (χ0n) is 10.7. The maximum Gasteiger partial charge on any atom is 0.328 e. The van der Waals surface area contributed by atoms with Crippen LogP contribution in [-0.4, -0.2) is 25.0 Å². The number of methoxy groups -OCH3 is 1. The van der Waals surface area contributed by atoms with Crippen LogP contribution < -0.4 is 5.32 Å². The van der Waals surface area contributed by atoms with Gasteiger partial charge < -0.3 is 10.1 Å². The van der Waals surface area contributed by atoms with E-state index in [1.54, 1.807) is 6.92 Å². The molecule has 19 heavy (non-hydrogen) atoms. The van der Waals surface area contributed by atoms with Gasteiger partial charge >= 0.3 is 5.97 Å². The molecule has 0 saturated carbocycles. The largest absolute Gasteiger partial charge is 0.467 e. The van der Waals surface area contributed by atoms with Crippen molar-refractivity contribution in [2.24, 2.45) is 0 Å². The minimum absolute atomic E-state index is 0.134. The number of carbonyl (C=O) groups is 2. The first-order valence-electron chi connectivity index (χ1n) is 5.79. The van der Waals surface area contributed by atoms with E-state index in [1.165, 1.54) is 13.2 Å². The Labute approximate surface area is 109 Å². The second-order valence-corrected chi connectivity index (χ2v) is 3.98. The molecule has 0 saturated heterocycles. The van der Waals surface area contributed by atoms with Crippen LogP contribution in [0, 0.1) is 11.6 Å². The molecule has 6 heteroatoms. The van der Waals surface area contributed by atoms with Crippen LogP contribution in [0.2, 0.25) is 0 Å². The van der Waals surface area contributed by atoms with Gasteiger partial charge in [0.2, 0.25) is 5.91 Å². The first-order valence-corrected chi connectivity index (χ1v) is 5.79. The van der Waals surface area contributed by atoms with Crippen molar-refractivity contribution in [3.05, 3.63) is 35.4 Å². The monoisotopic (exact) mass is 271 g/mol. The normalized spacial score (nSPS) is 11.8. The number of ether oxygens (including phenoxy) is 1. The van der Waals surface area contributed by atoms with Crippen LogP contribution in [0.3, 0.4) is 0 Å². The van der Waals surface area contributed by atoms with Crippen molar-refractivity contribution in [2.45, 2.75) is 25.8 Å². The van der Waals surface area contributed by atoms with Gasteiger partial charge in [-0.15, -0.1) is 0 Å². The van der Waals surface area contributed by atoms with E-state index >= 15 is 0 Å². The van der Waals surface area contributed by atoms with Crippen LogP contribution in [-0.2, 0) is 20.7 Å². The molecule has 0 fully saturated rings. The molecular weight excluding hydrogens is 256 g/mol. The zero-order valence-corrected chi connectivity index (χ0v) is 10.7. The summed E-state index contributed by atoms with van der Waals surface area (Å²) in [7, 11) is 1.23. The number of rotatable bonds is 5. The molecule has 1 rings (SSSR count). The third-order valence-corrected chi connectivity index (χ3v) is 2.58. The molecule has 0 spiro atoms. The Morgan fingerprint density at radius 3 is 2.53 bits per heavy atom. The Kier molecular flexibility index (Phi) is 5.41. The topological polar surface area (TPSA) is 55.4 Å². The number of nitrogens with one attached hydrogen (secondary N) is 1. The van der Waals surface area contributed by atoms with Gasteiger partial charge in [-0.05, 0) is 24.1 Å². The number of hydrogen-bond acceptors (Lipinski definition) is 3. The molecular formula is C13H15F2NO3. The summed E-state index contributed by atoms with van der Waals surface area (Å²) in [6, 6.07) is 2.49. The Balaban J connectivity index is 2.64. The average molecular weight is 271 g/mol. The molecule has 0 bridgehead atoms. The number of carbonyl (C=O) groups excluding carboxylic acids is 2. The highest BCUT2D eigenvalue weighted by Gasteiger charge is 2.19. The Morgan fingerprint density at radius 2 is 2.00 bits per heavy atom. The highest BCUT2D eigenvalue weighted by Crippen LogP contribution is 2.09. The van der Waals surface area contributed by atoms with Gasteiger partial charge in [0.1, 0.15) is 6.04 Å². The second kappa shape index (κ2) is 6.82. The SMILES string of the molecule is CC[C@H](NC(=O)Cc1ccc(F)c(F)c1)C(=O)OC. The third-order valence-electron chi connectivity index (χ3n) is 2.58. The lowest BCUT2D eigenvalue weighted by Gasteiger charge is -2.14. The lowest BCUT2D eigenvalue weighted by molar-refractivity contribution is -0.145. The minimum atomic E-state index is -1.01.